The summed E-state index contributed by atoms with van der Waals surface area (Å²) in [7, 11) is -3.62. The van der Waals surface area contributed by atoms with E-state index in [9.17, 15) is 18.0 Å². The monoisotopic (exact) mass is 401 g/mol. The van der Waals surface area contributed by atoms with Gasteiger partial charge in [0.2, 0.25) is 15.0 Å². The Balaban J connectivity index is 1.85. The molecule has 2 heterocycles. The van der Waals surface area contributed by atoms with Gasteiger partial charge in [0, 0.05) is 18.1 Å². The Bertz CT molecular complexity index is 1130. The van der Waals surface area contributed by atoms with Gasteiger partial charge < -0.3 is 10.1 Å². The lowest BCUT2D eigenvalue weighted by Crippen LogP contribution is -2.13. The van der Waals surface area contributed by atoms with E-state index in [-0.39, 0.29) is 10.9 Å². The Labute approximate surface area is 162 Å². The van der Waals surface area contributed by atoms with E-state index >= 15 is 0 Å². The van der Waals surface area contributed by atoms with Crippen LogP contribution in [0.3, 0.4) is 0 Å². The predicted molar refractivity (Wildman–Crippen MR) is 103 cm³/mol. The Kier molecular flexibility index (Phi) is 5.46. The fourth-order valence-corrected chi connectivity index (χ4v) is 3.37. The minimum Gasteiger partial charge on any atom is -0.462 e. The van der Waals surface area contributed by atoms with Gasteiger partial charge in [-0.05, 0) is 42.8 Å². The Hall–Kier alpha value is -3.20. The van der Waals surface area contributed by atoms with Crippen LogP contribution in [-0.4, -0.2) is 42.5 Å². The van der Waals surface area contributed by atoms with Gasteiger partial charge in [-0.2, -0.15) is 0 Å². The number of rotatable bonds is 6. The summed E-state index contributed by atoms with van der Waals surface area (Å²) in [6.45, 7) is 2.24. The average Bonchev–Trinajstić information content (AvgIpc) is 3.07. The van der Waals surface area contributed by atoms with E-state index in [0.717, 1.165) is 12.7 Å². The van der Waals surface area contributed by atoms with Gasteiger partial charge in [0.25, 0.3) is 5.91 Å². The van der Waals surface area contributed by atoms with E-state index in [4.69, 9.17) is 4.74 Å². The highest BCUT2D eigenvalue weighted by atomic mass is 32.2. The van der Waals surface area contributed by atoms with Crippen LogP contribution in [0.25, 0.3) is 5.52 Å². The van der Waals surface area contributed by atoms with E-state index in [1.165, 1.54) is 10.6 Å². The first kappa shape index (κ1) is 19.6. The highest BCUT2D eigenvalue weighted by molar-refractivity contribution is 7.90. The minimum absolute atomic E-state index is 0.00698. The second kappa shape index (κ2) is 7.81. The number of nitrogens with one attached hydrogen (secondary N) is 1. The number of fused-ring (bicyclic) bond motifs is 1. The van der Waals surface area contributed by atoms with Crippen molar-refractivity contribution in [1.82, 2.24) is 9.38 Å². The van der Waals surface area contributed by atoms with Crippen molar-refractivity contribution in [2.45, 2.75) is 18.5 Å². The second-order valence-corrected chi connectivity index (χ2v) is 8.05. The van der Waals surface area contributed by atoms with Crippen molar-refractivity contribution in [2.75, 3.05) is 18.2 Å². The van der Waals surface area contributed by atoms with E-state index in [0.29, 0.717) is 23.4 Å². The maximum absolute atomic E-state index is 12.7. The number of aromatic nitrogens is 2. The molecule has 0 saturated carbocycles. The Morgan fingerprint density at radius 2 is 1.86 bits per heavy atom. The van der Waals surface area contributed by atoms with Gasteiger partial charge in [-0.25, -0.2) is 18.2 Å². The van der Waals surface area contributed by atoms with Crippen LogP contribution in [0.5, 0.6) is 0 Å². The number of anilines is 1. The fourth-order valence-electron chi connectivity index (χ4n) is 2.60. The highest BCUT2D eigenvalue weighted by Crippen LogP contribution is 2.19. The number of ether oxygens (including phenoxy) is 1. The molecule has 28 heavy (non-hydrogen) atoms. The molecule has 1 aromatic carbocycles. The van der Waals surface area contributed by atoms with Crippen LogP contribution < -0.4 is 5.32 Å². The number of nitrogens with zero attached hydrogens (tertiary/aromatic N) is 2. The zero-order chi connectivity index (χ0) is 20.3. The first-order valence-electron chi connectivity index (χ1n) is 8.57. The molecule has 0 fully saturated rings. The highest BCUT2D eigenvalue weighted by Gasteiger charge is 2.22. The Morgan fingerprint density at radius 1 is 1.14 bits per heavy atom. The smallest absolute Gasteiger partial charge is 0.338 e. The molecule has 0 aliphatic carbocycles. The zero-order valence-electron chi connectivity index (χ0n) is 15.4. The molecule has 0 spiro atoms. The van der Waals surface area contributed by atoms with Gasteiger partial charge >= 0.3 is 5.97 Å². The molecule has 0 aliphatic heterocycles. The van der Waals surface area contributed by atoms with Gasteiger partial charge in [0.15, 0.2) is 5.69 Å². The number of hydrogen-bond acceptors (Lipinski definition) is 6. The van der Waals surface area contributed by atoms with Gasteiger partial charge in [-0.15, -0.1) is 0 Å². The van der Waals surface area contributed by atoms with Crippen molar-refractivity contribution < 1.29 is 22.7 Å². The number of esters is 1. The van der Waals surface area contributed by atoms with E-state index in [1.54, 1.807) is 42.5 Å². The minimum atomic E-state index is -3.62. The molecule has 0 unspecified atom stereocenters. The van der Waals surface area contributed by atoms with E-state index < -0.39 is 21.7 Å². The molecule has 2 aromatic heterocycles. The van der Waals surface area contributed by atoms with Crippen LogP contribution in [-0.2, 0) is 14.6 Å². The van der Waals surface area contributed by atoms with Crippen LogP contribution >= 0.6 is 0 Å². The van der Waals surface area contributed by atoms with Gasteiger partial charge in [-0.3, -0.25) is 9.20 Å². The number of benzene rings is 1. The first-order valence-corrected chi connectivity index (χ1v) is 10.5. The number of hydrogen-bond donors (Lipinski definition) is 1. The summed E-state index contributed by atoms with van der Waals surface area (Å²) in [6, 6.07) is 11.2. The van der Waals surface area contributed by atoms with E-state index in [1.807, 2.05) is 6.92 Å². The molecule has 1 amide bonds. The topological polar surface area (TPSA) is 107 Å². The van der Waals surface area contributed by atoms with Crippen LogP contribution in [0, 0.1) is 0 Å². The van der Waals surface area contributed by atoms with Gasteiger partial charge in [0.05, 0.1) is 17.7 Å². The normalized spacial score (nSPS) is 11.4. The van der Waals surface area contributed by atoms with Crippen molar-refractivity contribution in [3.05, 3.63) is 59.9 Å². The van der Waals surface area contributed by atoms with Crippen molar-refractivity contribution >= 4 is 32.9 Å². The van der Waals surface area contributed by atoms with Crippen LogP contribution in [0.4, 0.5) is 5.69 Å². The van der Waals surface area contributed by atoms with Crippen molar-refractivity contribution in [1.29, 1.82) is 0 Å². The molecule has 1 N–H and O–H groups in total. The average molecular weight is 401 g/mol. The lowest BCUT2D eigenvalue weighted by molar-refractivity contribution is 0.0505. The molecule has 8 nitrogen and oxygen atoms in total. The summed E-state index contributed by atoms with van der Waals surface area (Å²) in [5, 5.41) is 2.46. The SMILES string of the molecule is CCCOC(=O)c1ccc(NC(=O)c2nc(S(C)(=O)=O)n3ccccc23)cc1. The quantitative estimate of drug-likeness (QED) is 0.636. The lowest BCUT2D eigenvalue weighted by Gasteiger charge is -2.06. The molecule has 0 atom stereocenters. The molecule has 9 heteroatoms. The van der Waals surface area contributed by atoms with Crippen LogP contribution in [0.15, 0.2) is 53.8 Å². The third kappa shape index (κ3) is 4.04. The van der Waals surface area contributed by atoms with Crippen LogP contribution in [0.1, 0.15) is 34.2 Å². The molecule has 0 radical (unpaired) electrons. The van der Waals surface area contributed by atoms with Gasteiger partial charge in [-0.1, -0.05) is 13.0 Å². The number of carbonyl (C=O) groups is 2. The van der Waals surface area contributed by atoms with Crippen LogP contribution in [0.2, 0.25) is 0 Å². The van der Waals surface area contributed by atoms with Crippen molar-refractivity contribution in [3.63, 3.8) is 0 Å². The molecular formula is C19H19N3O5S. The summed E-state index contributed by atoms with van der Waals surface area (Å²) in [4.78, 5) is 28.5. The summed E-state index contributed by atoms with van der Waals surface area (Å²) >= 11 is 0. The molecule has 3 aromatic rings. The maximum atomic E-state index is 12.7. The molecular weight excluding hydrogens is 382 g/mol. The summed E-state index contributed by atoms with van der Waals surface area (Å²) in [5.74, 6) is -0.988. The molecule has 0 bridgehead atoms. The number of sulfone groups is 1. The van der Waals surface area contributed by atoms with E-state index in [2.05, 4.69) is 10.3 Å². The zero-order valence-corrected chi connectivity index (χ0v) is 16.2. The summed E-state index contributed by atoms with van der Waals surface area (Å²) in [6.07, 6.45) is 3.30. The number of carbonyl (C=O) groups excluding carboxylic acids is 2. The number of amides is 1. The first-order chi connectivity index (χ1) is 13.3. The summed E-state index contributed by atoms with van der Waals surface area (Å²) < 4.78 is 30.3. The largest absolute Gasteiger partial charge is 0.462 e. The Morgan fingerprint density at radius 3 is 2.50 bits per heavy atom. The molecule has 0 saturated heterocycles. The molecule has 0 aliphatic rings. The van der Waals surface area contributed by atoms with Gasteiger partial charge in [0.1, 0.15) is 0 Å². The third-order valence-electron chi connectivity index (χ3n) is 3.88. The fraction of sp³-hybridized carbons (Fsp3) is 0.211. The number of pyridine rings is 1. The number of imidazole rings is 1. The van der Waals surface area contributed by atoms with Crippen molar-refractivity contribution in [2.24, 2.45) is 0 Å². The summed E-state index contributed by atoms with van der Waals surface area (Å²) in [5.41, 5.74) is 1.18. The molecule has 3 rings (SSSR count). The maximum Gasteiger partial charge on any atom is 0.338 e. The van der Waals surface area contributed by atoms with Crippen molar-refractivity contribution in [3.8, 4) is 0 Å². The second-order valence-electron chi connectivity index (χ2n) is 6.14. The third-order valence-corrected chi connectivity index (χ3v) is 4.83. The predicted octanol–water partition coefficient (Wildman–Crippen LogP) is 2.56. The lowest BCUT2D eigenvalue weighted by atomic mass is 10.2. The molecule has 146 valence electrons. The standard InChI is InChI=1S/C19H19N3O5S/c1-3-12-27-18(24)13-7-9-14(10-8-13)20-17(23)16-15-6-4-5-11-22(15)19(21-16)28(2,25)26/h4-11H,3,12H2,1-2H3,(H,20,23).